The van der Waals surface area contributed by atoms with Gasteiger partial charge in [0.05, 0.1) is 11.4 Å². The Labute approximate surface area is 129 Å². The van der Waals surface area contributed by atoms with Crippen molar-refractivity contribution in [2.75, 3.05) is 56.5 Å². The third kappa shape index (κ3) is 3.10. The smallest absolute Gasteiger partial charge is 0.0613 e. The van der Waals surface area contributed by atoms with E-state index in [4.69, 9.17) is 0 Å². The molecule has 110 valence electrons. The maximum atomic E-state index is 3.58. The number of piperazine rings is 1. The summed E-state index contributed by atoms with van der Waals surface area (Å²) in [5.41, 5.74) is 2.59. The largest absolute Gasteiger partial charge is 0.382 e. The van der Waals surface area contributed by atoms with Gasteiger partial charge in [-0.15, -0.1) is 0 Å². The van der Waals surface area contributed by atoms with Crippen LogP contribution in [0, 0.1) is 0 Å². The molecule has 5 heteroatoms. The number of nitrogens with one attached hydrogen (secondary N) is 2. The zero-order valence-electron chi connectivity index (χ0n) is 12.0. The lowest BCUT2D eigenvalue weighted by molar-refractivity contribution is 0.192. The summed E-state index contributed by atoms with van der Waals surface area (Å²) in [6, 6.07) is 7.16. The van der Waals surface area contributed by atoms with E-state index in [0.29, 0.717) is 6.04 Å². The van der Waals surface area contributed by atoms with Crippen LogP contribution in [0.25, 0.3) is 0 Å². The lowest BCUT2D eigenvalue weighted by Gasteiger charge is -2.37. The second-order valence-corrected chi connectivity index (χ2v) is 6.62. The minimum atomic E-state index is 0.661. The molecule has 4 nitrogen and oxygen atoms in total. The Balaban J connectivity index is 1.65. The molecular weight excluding hydrogens is 316 g/mol. The van der Waals surface area contributed by atoms with Crippen LogP contribution in [0.2, 0.25) is 0 Å². The number of hydrogen-bond donors (Lipinski definition) is 2. The molecule has 0 amide bonds. The van der Waals surface area contributed by atoms with Gasteiger partial charge < -0.3 is 20.4 Å². The molecule has 1 atom stereocenters. The highest BCUT2D eigenvalue weighted by atomic mass is 79.9. The van der Waals surface area contributed by atoms with Crippen molar-refractivity contribution in [1.82, 2.24) is 10.2 Å². The fraction of sp³-hybridized carbons (Fsp3) is 0.600. The number of rotatable bonds is 3. The first-order chi connectivity index (χ1) is 9.74. The monoisotopic (exact) mass is 338 g/mol. The van der Waals surface area contributed by atoms with Gasteiger partial charge in [0.2, 0.25) is 0 Å². The van der Waals surface area contributed by atoms with Gasteiger partial charge >= 0.3 is 0 Å². The van der Waals surface area contributed by atoms with Crippen molar-refractivity contribution < 1.29 is 0 Å². The molecular formula is C15H23BrN4. The Morgan fingerprint density at radius 2 is 2.20 bits per heavy atom. The van der Waals surface area contributed by atoms with E-state index in [2.05, 4.69) is 61.6 Å². The van der Waals surface area contributed by atoms with E-state index in [1.165, 1.54) is 17.8 Å². The molecule has 1 fully saturated rings. The molecule has 0 bridgehead atoms. The third-order valence-corrected chi connectivity index (χ3v) is 4.87. The van der Waals surface area contributed by atoms with Crippen LogP contribution < -0.4 is 15.5 Å². The number of anilines is 2. The lowest BCUT2D eigenvalue weighted by Crippen LogP contribution is -2.50. The molecule has 2 heterocycles. The van der Waals surface area contributed by atoms with Crippen molar-refractivity contribution in [3.8, 4) is 0 Å². The zero-order chi connectivity index (χ0) is 13.9. The minimum absolute atomic E-state index is 0.661. The Bertz CT molecular complexity index is 465. The van der Waals surface area contributed by atoms with Crippen molar-refractivity contribution in [2.45, 2.75) is 12.5 Å². The van der Waals surface area contributed by atoms with Crippen LogP contribution in [0.4, 0.5) is 11.4 Å². The molecule has 0 spiro atoms. The Morgan fingerprint density at radius 1 is 1.30 bits per heavy atom. The summed E-state index contributed by atoms with van der Waals surface area (Å²) in [5.74, 6) is 0. The molecule has 20 heavy (non-hydrogen) atoms. The highest BCUT2D eigenvalue weighted by molar-refractivity contribution is 9.10. The van der Waals surface area contributed by atoms with Crippen molar-refractivity contribution >= 4 is 27.3 Å². The quantitative estimate of drug-likeness (QED) is 0.882. The fourth-order valence-corrected chi connectivity index (χ4v) is 3.43. The summed E-state index contributed by atoms with van der Waals surface area (Å²) in [6.45, 7) is 6.65. The van der Waals surface area contributed by atoms with Gasteiger partial charge in [-0.1, -0.05) is 15.9 Å². The maximum Gasteiger partial charge on any atom is 0.0613 e. The van der Waals surface area contributed by atoms with Crippen LogP contribution in [0.1, 0.15) is 6.42 Å². The van der Waals surface area contributed by atoms with E-state index < -0.39 is 0 Å². The summed E-state index contributed by atoms with van der Waals surface area (Å²) >= 11 is 3.58. The van der Waals surface area contributed by atoms with Crippen LogP contribution in [-0.2, 0) is 0 Å². The van der Waals surface area contributed by atoms with E-state index in [9.17, 15) is 0 Å². The van der Waals surface area contributed by atoms with Gasteiger partial charge in [-0.3, -0.25) is 0 Å². The van der Waals surface area contributed by atoms with E-state index in [1.807, 2.05) is 0 Å². The van der Waals surface area contributed by atoms with Gasteiger partial charge in [-0.25, -0.2) is 0 Å². The second-order valence-electron chi connectivity index (χ2n) is 5.70. The molecule has 2 N–H and O–H groups in total. The van der Waals surface area contributed by atoms with Crippen molar-refractivity contribution in [3.63, 3.8) is 0 Å². The molecule has 0 aromatic heterocycles. The topological polar surface area (TPSA) is 30.5 Å². The first-order valence-electron chi connectivity index (χ1n) is 7.43. The molecule has 1 aromatic carbocycles. The molecule has 0 aliphatic carbocycles. The molecule has 2 aliphatic rings. The Kier molecular flexibility index (Phi) is 4.48. The van der Waals surface area contributed by atoms with Crippen molar-refractivity contribution in [3.05, 3.63) is 22.7 Å². The number of nitrogens with zero attached hydrogens (tertiary/aromatic N) is 2. The number of halogens is 1. The highest BCUT2D eigenvalue weighted by Gasteiger charge is 2.21. The second kappa shape index (κ2) is 6.33. The molecule has 1 unspecified atom stereocenters. The van der Waals surface area contributed by atoms with Gasteiger partial charge in [-0.2, -0.15) is 0 Å². The summed E-state index contributed by atoms with van der Waals surface area (Å²) < 4.78 is 1.15. The van der Waals surface area contributed by atoms with E-state index in [1.54, 1.807) is 0 Å². The maximum absolute atomic E-state index is 3.58. The van der Waals surface area contributed by atoms with Gasteiger partial charge in [0, 0.05) is 49.8 Å². The summed E-state index contributed by atoms with van der Waals surface area (Å²) in [7, 11) is 2.24. The standard InChI is InChI=1S/C15H23BrN4/c1-19-8-5-17-11-13(19)4-7-20-9-6-18-14-3-2-12(16)10-15(14)20/h2-3,10,13,17-18H,4-9,11H2,1H3. The number of benzene rings is 1. The van der Waals surface area contributed by atoms with Crippen molar-refractivity contribution in [1.29, 1.82) is 0 Å². The molecule has 0 saturated carbocycles. The van der Waals surface area contributed by atoms with Gasteiger partial charge in [-0.05, 0) is 31.7 Å². The zero-order valence-corrected chi connectivity index (χ0v) is 13.6. The molecule has 1 aromatic rings. The average molecular weight is 339 g/mol. The van der Waals surface area contributed by atoms with Crippen molar-refractivity contribution in [2.24, 2.45) is 0 Å². The summed E-state index contributed by atoms with van der Waals surface area (Å²) in [6.07, 6.45) is 1.22. The normalized spacial score (nSPS) is 23.3. The average Bonchev–Trinajstić information content (AvgIpc) is 2.46. The van der Waals surface area contributed by atoms with E-state index >= 15 is 0 Å². The van der Waals surface area contributed by atoms with Crippen LogP contribution in [0.3, 0.4) is 0 Å². The van der Waals surface area contributed by atoms with Gasteiger partial charge in [0.15, 0.2) is 0 Å². The van der Waals surface area contributed by atoms with E-state index in [-0.39, 0.29) is 0 Å². The first kappa shape index (κ1) is 14.2. The number of likely N-dealkylation sites (N-methyl/N-ethyl adjacent to an activating group) is 1. The van der Waals surface area contributed by atoms with Crippen LogP contribution in [0.15, 0.2) is 22.7 Å². The predicted octanol–water partition coefficient (Wildman–Crippen LogP) is 1.97. The molecule has 1 saturated heterocycles. The van der Waals surface area contributed by atoms with Gasteiger partial charge in [0.1, 0.15) is 0 Å². The van der Waals surface area contributed by atoms with E-state index in [0.717, 1.165) is 43.7 Å². The molecule has 0 radical (unpaired) electrons. The van der Waals surface area contributed by atoms with Crippen LogP contribution >= 0.6 is 15.9 Å². The third-order valence-electron chi connectivity index (χ3n) is 4.37. The minimum Gasteiger partial charge on any atom is -0.382 e. The van der Waals surface area contributed by atoms with Crippen LogP contribution in [0.5, 0.6) is 0 Å². The Morgan fingerprint density at radius 3 is 3.05 bits per heavy atom. The Hall–Kier alpha value is -0.780. The lowest BCUT2D eigenvalue weighted by atomic mass is 10.1. The SMILES string of the molecule is CN1CCNCC1CCN1CCNc2ccc(Br)cc21. The van der Waals surface area contributed by atoms with Gasteiger partial charge in [0.25, 0.3) is 0 Å². The first-order valence-corrected chi connectivity index (χ1v) is 8.22. The summed E-state index contributed by atoms with van der Waals surface area (Å²) in [5, 5.41) is 6.98. The number of fused-ring (bicyclic) bond motifs is 1. The highest BCUT2D eigenvalue weighted by Crippen LogP contribution is 2.32. The van der Waals surface area contributed by atoms with Crippen LogP contribution in [-0.4, -0.2) is 57.3 Å². The summed E-state index contributed by atoms with van der Waals surface area (Å²) in [4.78, 5) is 5.00. The molecule has 3 rings (SSSR count). The molecule has 2 aliphatic heterocycles. The fourth-order valence-electron chi connectivity index (χ4n) is 3.08. The number of hydrogen-bond acceptors (Lipinski definition) is 4. The predicted molar refractivity (Wildman–Crippen MR) is 88.7 cm³/mol.